The van der Waals surface area contributed by atoms with E-state index in [2.05, 4.69) is 0 Å². The Bertz CT molecular complexity index is 450. The number of nitrogens with two attached hydrogens (primary N) is 1. The van der Waals surface area contributed by atoms with Crippen LogP contribution in [0.3, 0.4) is 0 Å². The van der Waals surface area contributed by atoms with Gasteiger partial charge in [0.25, 0.3) is 5.69 Å². The van der Waals surface area contributed by atoms with Crippen molar-refractivity contribution in [1.29, 1.82) is 0 Å². The van der Waals surface area contributed by atoms with E-state index in [-0.39, 0.29) is 0 Å². The number of carbonyl (C=O) groups is 1. The van der Waals surface area contributed by atoms with E-state index < -0.39 is 40.4 Å². The number of benzene rings is 1. The third kappa shape index (κ3) is 2.48. The van der Waals surface area contributed by atoms with E-state index in [4.69, 9.17) is 5.73 Å². The van der Waals surface area contributed by atoms with Gasteiger partial charge in [-0.2, -0.15) is 0 Å². The molecule has 6 nitrogen and oxygen atoms in total. The molecule has 0 aliphatic carbocycles. The van der Waals surface area contributed by atoms with Gasteiger partial charge < -0.3 is 11.1 Å². The lowest BCUT2D eigenvalue weighted by molar-refractivity contribution is -0.384. The summed E-state index contributed by atoms with van der Waals surface area (Å²) in [6.45, 7) is -0.464. The van der Waals surface area contributed by atoms with E-state index >= 15 is 0 Å². The van der Waals surface area contributed by atoms with E-state index in [0.717, 1.165) is 0 Å². The average Bonchev–Trinajstić information content (AvgIpc) is 2.20. The third-order valence-corrected chi connectivity index (χ3v) is 1.68. The number of nitro groups is 1. The molecule has 1 amide bonds. The Kier molecular flexibility index (Phi) is 3.46. The highest BCUT2D eigenvalue weighted by Gasteiger charge is 2.21. The summed E-state index contributed by atoms with van der Waals surface area (Å²) in [4.78, 5) is 20.4. The van der Waals surface area contributed by atoms with Crippen molar-refractivity contribution in [1.82, 2.24) is 0 Å². The Morgan fingerprint density at radius 2 is 2.12 bits per heavy atom. The van der Waals surface area contributed by atoms with Crippen LogP contribution in [0.4, 0.5) is 20.2 Å². The van der Waals surface area contributed by atoms with E-state index in [1.165, 1.54) is 0 Å². The highest BCUT2D eigenvalue weighted by atomic mass is 19.1. The number of hydrogen-bond donors (Lipinski definition) is 2. The van der Waals surface area contributed by atoms with Crippen molar-refractivity contribution < 1.29 is 18.5 Å². The van der Waals surface area contributed by atoms with Gasteiger partial charge in [0.15, 0.2) is 11.5 Å². The van der Waals surface area contributed by atoms with Crippen LogP contribution in [0.1, 0.15) is 0 Å². The first-order valence-corrected chi connectivity index (χ1v) is 4.09. The molecule has 0 bridgehead atoms. The second-order valence-electron chi connectivity index (χ2n) is 2.79. The maximum absolute atomic E-state index is 13.2. The summed E-state index contributed by atoms with van der Waals surface area (Å²) in [5.41, 5.74) is 3.39. The molecule has 0 aromatic heterocycles. The number of nitro benzene ring substituents is 1. The minimum absolute atomic E-state index is 0.430. The number of nitrogens with zero attached hydrogens (tertiary/aromatic N) is 1. The Labute approximate surface area is 88.2 Å². The maximum Gasteiger partial charge on any atom is 0.298 e. The second kappa shape index (κ2) is 4.62. The molecule has 0 unspecified atom stereocenters. The Hall–Kier alpha value is -2.09. The molecular formula is C8H7F2N3O3. The molecule has 0 atom stereocenters. The van der Waals surface area contributed by atoms with Crippen molar-refractivity contribution in [2.45, 2.75) is 0 Å². The molecule has 16 heavy (non-hydrogen) atoms. The van der Waals surface area contributed by atoms with Crippen LogP contribution in [-0.2, 0) is 4.79 Å². The van der Waals surface area contributed by atoms with Crippen LogP contribution in [0.5, 0.6) is 0 Å². The summed E-state index contributed by atoms with van der Waals surface area (Å²) in [7, 11) is 0. The van der Waals surface area contributed by atoms with Gasteiger partial charge in [0.05, 0.1) is 17.5 Å². The number of anilines is 1. The minimum Gasteiger partial charge on any atom is -0.322 e. The molecule has 0 aliphatic rings. The van der Waals surface area contributed by atoms with E-state index in [9.17, 15) is 23.7 Å². The number of hydrogen-bond acceptors (Lipinski definition) is 4. The Morgan fingerprint density at radius 3 is 2.62 bits per heavy atom. The number of halogens is 2. The van der Waals surface area contributed by atoms with Gasteiger partial charge in [-0.05, 0) is 0 Å². The van der Waals surface area contributed by atoms with Crippen LogP contribution >= 0.6 is 0 Å². The van der Waals surface area contributed by atoms with Crippen LogP contribution in [0, 0.1) is 21.7 Å². The highest BCUT2D eigenvalue weighted by Crippen LogP contribution is 2.28. The third-order valence-electron chi connectivity index (χ3n) is 1.68. The number of nitrogens with one attached hydrogen (secondary N) is 1. The molecule has 0 saturated heterocycles. The van der Waals surface area contributed by atoms with Gasteiger partial charge >= 0.3 is 0 Å². The first-order chi connectivity index (χ1) is 7.45. The van der Waals surface area contributed by atoms with Crippen LogP contribution in [0.15, 0.2) is 12.1 Å². The quantitative estimate of drug-likeness (QED) is 0.592. The fourth-order valence-corrected chi connectivity index (χ4v) is 1.02. The molecule has 3 N–H and O–H groups in total. The van der Waals surface area contributed by atoms with Crippen molar-refractivity contribution in [2.24, 2.45) is 5.73 Å². The van der Waals surface area contributed by atoms with Gasteiger partial charge in [-0.25, -0.2) is 8.78 Å². The summed E-state index contributed by atoms with van der Waals surface area (Å²) in [5.74, 6) is -3.14. The van der Waals surface area contributed by atoms with E-state index in [1.807, 2.05) is 5.32 Å². The first-order valence-electron chi connectivity index (χ1n) is 4.09. The summed E-state index contributed by atoms with van der Waals surface area (Å²) in [5, 5.41) is 12.4. The van der Waals surface area contributed by atoms with E-state index in [0.29, 0.717) is 12.1 Å². The zero-order valence-corrected chi connectivity index (χ0v) is 7.87. The molecule has 0 spiro atoms. The molecule has 1 rings (SSSR count). The summed E-state index contributed by atoms with van der Waals surface area (Å²) in [6, 6.07) is 0.939. The van der Waals surface area contributed by atoms with Gasteiger partial charge in [-0.3, -0.25) is 14.9 Å². The van der Waals surface area contributed by atoms with Crippen molar-refractivity contribution in [3.05, 3.63) is 33.9 Å². The Morgan fingerprint density at radius 1 is 1.50 bits per heavy atom. The molecule has 1 aromatic carbocycles. The van der Waals surface area contributed by atoms with Crippen LogP contribution < -0.4 is 11.1 Å². The topological polar surface area (TPSA) is 98.3 Å². The largest absolute Gasteiger partial charge is 0.322 e. The zero-order chi connectivity index (χ0) is 12.3. The monoisotopic (exact) mass is 231 g/mol. The fourth-order valence-electron chi connectivity index (χ4n) is 1.02. The van der Waals surface area contributed by atoms with Gasteiger partial charge in [0.2, 0.25) is 5.91 Å². The summed E-state index contributed by atoms with van der Waals surface area (Å²) < 4.78 is 25.9. The smallest absolute Gasteiger partial charge is 0.298 e. The van der Waals surface area contributed by atoms with Gasteiger partial charge in [0, 0.05) is 6.07 Å². The molecule has 0 saturated carbocycles. The predicted molar refractivity (Wildman–Crippen MR) is 50.7 cm³/mol. The van der Waals surface area contributed by atoms with Crippen molar-refractivity contribution >= 4 is 17.3 Å². The van der Waals surface area contributed by atoms with Crippen LogP contribution in [0.2, 0.25) is 0 Å². The molecule has 86 valence electrons. The SMILES string of the molecule is NCC(=O)Nc1c(F)cc(F)cc1[N+](=O)[O-]. The zero-order valence-electron chi connectivity index (χ0n) is 7.87. The lowest BCUT2D eigenvalue weighted by Gasteiger charge is -2.05. The van der Waals surface area contributed by atoms with E-state index in [1.54, 1.807) is 0 Å². The molecule has 0 heterocycles. The fraction of sp³-hybridized carbons (Fsp3) is 0.125. The number of amides is 1. The summed E-state index contributed by atoms with van der Waals surface area (Å²) in [6.07, 6.45) is 0. The summed E-state index contributed by atoms with van der Waals surface area (Å²) >= 11 is 0. The molecule has 0 radical (unpaired) electrons. The minimum atomic E-state index is -1.23. The Balaban J connectivity index is 3.24. The second-order valence-corrected chi connectivity index (χ2v) is 2.79. The van der Waals surface area contributed by atoms with Gasteiger partial charge in [-0.15, -0.1) is 0 Å². The average molecular weight is 231 g/mol. The van der Waals surface area contributed by atoms with Crippen LogP contribution in [0.25, 0.3) is 0 Å². The molecular weight excluding hydrogens is 224 g/mol. The van der Waals surface area contributed by atoms with Gasteiger partial charge in [0.1, 0.15) is 5.82 Å². The maximum atomic E-state index is 13.2. The molecule has 8 heteroatoms. The first kappa shape index (κ1) is 12.0. The van der Waals surface area contributed by atoms with Gasteiger partial charge in [-0.1, -0.05) is 0 Å². The van der Waals surface area contributed by atoms with Crippen molar-refractivity contribution in [2.75, 3.05) is 11.9 Å². The lowest BCUT2D eigenvalue weighted by atomic mass is 10.2. The van der Waals surface area contributed by atoms with Crippen molar-refractivity contribution in [3.63, 3.8) is 0 Å². The number of carbonyl (C=O) groups excluding carboxylic acids is 1. The molecule has 1 aromatic rings. The van der Waals surface area contributed by atoms with Crippen LogP contribution in [-0.4, -0.2) is 17.4 Å². The predicted octanol–water partition coefficient (Wildman–Crippen LogP) is 0.770. The molecule has 0 fully saturated rings. The normalized spacial score (nSPS) is 9.94. The molecule has 0 aliphatic heterocycles. The number of rotatable bonds is 3. The van der Waals surface area contributed by atoms with Crippen molar-refractivity contribution in [3.8, 4) is 0 Å². The lowest BCUT2D eigenvalue weighted by Crippen LogP contribution is -2.23. The highest BCUT2D eigenvalue weighted by molar-refractivity contribution is 5.94. The standard InChI is InChI=1S/C8H7F2N3O3/c9-4-1-5(10)8(12-7(14)3-11)6(2-4)13(15)16/h1-2H,3,11H2,(H,12,14).